The second kappa shape index (κ2) is 6.36. The number of aryl methyl sites for hydroxylation is 1. The monoisotopic (exact) mass is 319 g/mol. The van der Waals surface area contributed by atoms with E-state index in [1.165, 1.54) is 0 Å². The van der Waals surface area contributed by atoms with Gasteiger partial charge in [0.25, 0.3) is 5.91 Å². The number of pyridine rings is 1. The van der Waals surface area contributed by atoms with Gasteiger partial charge in [0.2, 0.25) is 0 Å². The molecule has 0 radical (unpaired) electrons. The molecule has 116 valence electrons. The Kier molecular flexibility index (Phi) is 4.29. The molecule has 7 heteroatoms. The molecule has 1 fully saturated rings. The lowest BCUT2D eigenvalue weighted by Crippen LogP contribution is -2.32. The van der Waals surface area contributed by atoms with Gasteiger partial charge in [-0.05, 0) is 25.5 Å². The molecule has 0 unspecified atom stereocenters. The first-order valence-corrected chi connectivity index (χ1v) is 7.74. The highest BCUT2D eigenvalue weighted by Crippen LogP contribution is 2.20. The van der Waals surface area contributed by atoms with Crippen LogP contribution in [0.1, 0.15) is 23.8 Å². The van der Waals surface area contributed by atoms with Crippen molar-refractivity contribution in [3.05, 3.63) is 41.4 Å². The van der Waals surface area contributed by atoms with Crippen LogP contribution in [0.3, 0.4) is 0 Å². The molecule has 3 heterocycles. The minimum absolute atomic E-state index is 0.104. The zero-order valence-corrected chi connectivity index (χ0v) is 13.1. The molecule has 0 aliphatic carbocycles. The van der Waals surface area contributed by atoms with E-state index in [1.54, 1.807) is 28.2 Å². The van der Waals surface area contributed by atoms with E-state index in [1.807, 2.05) is 19.1 Å². The predicted molar refractivity (Wildman–Crippen MR) is 85.1 cm³/mol. The maximum absolute atomic E-state index is 12.5. The van der Waals surface area contributed by atoms with Crippen LogP contribution in [0.25, 0.3) is 0 Å². The van der Waals surface area contributed by atoms with E-state index in [9.17, 15) is 4.79 Å². The summed E-state index contributed by atoms with van der Waals surface area (Å²) in [6, 6.07) is 4.08. The SMILES string of the molecule is CCn1cc(Cl)c(C(=O)N2CC[C@H](Nc3cccnc3)C2)n1. The summed E-state index contributed by atoms with van der Waals surface area (Å²) in [4.78, 5) is 18.4. The van der Waals surface area contributed by atoms with Gasteiger partial charge in [-0.25, -0.2) is 0 Å². The number of nitrogens with one attached hydrogen (secondary N) is 1. The van der Waals surface area contributed by atoms with Gasteiger partial charge in [0.05, 0.1) is 10.7 Å². The molecular formula is C15H18ClN5O. The maximum atomic E-state index is 12.5. The normalized spacial score (nSPS) is 17.7. The van der Waals surface area contributed by atoms with E-state index >= 15 is 0 Å². The molecule has 2 aromatic rings. The average molecular weight is 320 g/mol. The van der Waals surface area contributed by atoms with Gasteiger partial charge in [-0.15, -0.1) is 0 Å². The van der Waals surface area contributed by atoms with Gasteiger partial charge in [-0.2, -0.15) is 5.10 Å². The molecule has 1 saturated heterocycles. The highest BCUT2D eigenvalue weighted by Gasteiger charge is 2.29. The molecule has 1 aliphatic rings. The van der Waals surface area contributed by atoms with Crippen LogP contribution < -0.4 is 5.32 Å². The van der Waals surface area contributed by atoms with Crippen LogP contribution in [0.5, 0.6) is 0 Å². The van der Waals surface area contributed by atoms with Crippen LogP contribution in [0, 0.1) is 0 Å². The molecule has 1 atom stereocenters. The van der Waals surface area contributed by atoms with Crippen molar-refractivity contribution in [2.24, 2.45) is 0 Å². The van der Waals surface area contributed by atoms with E-state index in [0.717, 1.165) is 12.1 Å². The fourth-order valence-corrected chi connectivity index (χ4v) is 2.83. The topological polar surface area (TPSA) is 63.1 Å². The summed E-state index contributed by atoms with van der Waals surface area (Å²) in [5, 5.41) is 8.05. The Labute approximate surface area is 134 Å². The number of hydrogen-bond acceptors (Lipinski definition) is 4. The highest BCUT2D eigenvalue weighted by atomic mass is 35.5. The van der Waals surface area contributed by atoms with Gasteiger partial charge < -0.3 is 10.2 Å². The number of aromatic nitrogens is 3. The number of amides is 1. The number of likely N-dealkylation sites (tertiary alicyclic amines) is 1. The third-order valence-electron chi connectivity index (χ3n) is 3.75. The summed E-state index contributed by atoms with van der Waals surface area (Å²) in [6.07, 6.45) is 6.11. The van der Waals surface area contributed by atoms with Gasteiger partial charge in [0.15, 0.2) is 5.69 Å². The fourth-order valence-electron chi connectivity index (χ4n) is 2.60. The maximum Gasteiger partial charge on any atom is 0.275 e. The lowest BCUT2D eigenvalue weighted by atomic mass is 10.2. The largest absolute Gasteiger partial charge is 0.379 e. The van der Waals surface area contributed by atoms with Crippen molar-refractivity contribution in [3.8, 4) is 0 Å². The molecule has 0 bridgehead atoms. The van der Waals surface area contributed by atoms with Gasteiger partial charge in [-0.1, -0.05) is 11.6 Å². The van der Waals surface area contributed by atoms with Crippen molar-refractivity contribution < 1.29 is 4.79 Å². The van der Waals surface area contributed by atoms with Gasteiger partial charge in [0, 0.05) is 44.3 Å². The van der Waals surface area contributed by atoms with Crippen molar-refractivity contribution in [1.82, 2.24) is 19.7 Å². The molecule has 0 spiro atoms. The van der Waals surface area contributed by atoms with Crippen molar-refractivity contribution in [3.63, 3.8) is 0 Å². The molecular weight excluding hydrogens is 302 g/mol. The number of rotatable bonds is 4. The zero-order valence-electron chi connectivity index (χ0n) is 12.4. The standard InChI is InChI=1S/C15H18ClN5O/c1-2-21-10-13(16)14(19-21)15(22)20-7-5-12(9-20)18-11-4-3-6-17-8-11/h3-4,6,8,10,12,18H,2,5,7,9H2,1H3/t12-/m0/s1. The second-order valence-electron chi connectivity index (χ2n) is 5.30. The lowest BCUT2D eigenvalue weighted by Gasteiger charge is -2.16. The van der Waals surface area contributed by atoms with Crippen molar-refractivity contribution in [2.45, 2.75) is 25.9 Å². The van der Waals surface area contributed by atoms with Crippen LogP contribution in [0.4, 0.5) is 5.69 Å². The minimum Gasteiger partial charge on any atom is -0.379 e. The highest BCUT2D eigenvalue weighted by molar-refractivity contribution is 6.33. The number of hydrogen-bond donors (Lipinski definition) is 1. The summed E-state index contributed by atoms with van der Waals surface area (Å²) in [5.41, 5.74) is 1.31. The smallest absolute Gasteiger partial charge is 0.275 e. The molecule has 22 heavy (non-hydrogen) atoms. The fraction of sp³-hybridized carbons (Fsp3) is 0.400. The minimum atomic E-state index is -0.104. The molecule has 1 amide bonds. The summed E-state index contributed by atoms with van der Waals surface area (Å²) >= 11 is 6.11. The Morgan fingerprint density at radius 1 is 1.55 bits per heavy atom. The Morgan fingerprint density at radius 2 is 2.41 bits per heavy atom. The molecule has 2 aromatic heterocycles. The molecule has 6 nitrogen and oxygen atoms in total. The van der Waals surface area contributed by atoms with Crippen molar-refractivity contribution >= 4 is 23.2 Å². The molecule has 1 N–H and O–H groups in total. The third-order valence-corrected chi connectivity index (χ3v) is 4.03. The predicted octanol–water partition coefficient (Wildman–Crippen LogP) is 2.28. The Balaban J connectivity index is 1.64. The number of carbonyl (C=O) groups excluding carboxylic acids is 1. The first-order chi connectivity index (χ1) is 10.7. The molecule has 0 aromatic carbocycles. The molecule has 1 aliphatic heterocycles. The number of anilines is 1. The van der Waals surface area contributed by atoms with Crippen molar-refractivity contribution in [2.75, 3.05) is 18.4 Å². The van der Waals surface area contributed by atoms with Gasteiger partial charge in [0.1, 0.15) is 0 Å². The van der Waals surface area contributed by atoms with Crippen LogP contribution in [-0.2, 0) is 6.54 Å². The van der Waals surface area contributed by atoms with Crippen molar-refractivity contribution in [1.29, 1.82) is 0 Å². The Bertz CT molecular complexity index is 657. The summed E-state index contributed by atoms with van der Waals surface area (Å²) in [5.74, 6) is -0.104. The van der Waals surface area contributed by atoms with Gasteiger partial charge >= 0.3 is 0 Å². The zero-order chi connectivity index (χ0) is 15.5. The molecule has 3 rings (SSSR count). The Hall–Kier alpha value is -2.08. The van der Waals surface area contributed by atoms with E-state index in [4.69, 9.17) is 11.6 Å². The summed E-state index contributed by atoms with van der Waals surface area (Å²) in [6.45, 7) is 3.99. The third kappa shape index (κ3) is 3.06. The quantitative estimate of drug-likeness (QED) is 0.939. The van der Waals surface area contributed by atoms with Crippen LogP contribution >= 0.6 is 11.6 Å². The van der Waals surface area contributed by atoms with Crippen LogP contribution in [0.2, 0.25) is 5.02 Å². The average Bonchev–Trinajstić information content (AvgIpc) is 3.14. The molecule has 0 saturated carbocycles. The van der Waals surface area contributed by atoms with E-state index in [-0.39, 0.29) is 11.9 Å². The van der Waals surface area contributed by atoms with E-state index in [0.29, 0.717) is 30.4 Å². The van der Waals surface area contributed by atoms with E-state index < -0.39 is 0 Å². The summed E-state index contributed by atoms with van der Waals surface area (Å²) in [7, 11) is 0. The van der Waals surface area contributed by atoms with Crippen LogP contribution in [-0.4, -0.2) is 44.7 Å². The lowest BCUT2D eigenvalue weighted by molar-refractivity contribution is 0.0785. The number of nitrogens with zero attached hydrogens (tertiary/aromatic N) is 4. The number of halogens is 1. The summed E-state index contributed by atoms with van der Waals surface area (Å²) < 4.78 is 1.68. The second-order valence-corrected chi connectivity index (χ2v) is 5.71. The number of carbonyl (C=O) groups is 1. The first-order valence-electron chi connectivity index (χ1n) is 7.36. The van der Waals surface area contributed by atoms with E-state index in [2.05, 4.69) is 15.4 Å². The first kappa shape index (κ1) is 14.8. The van der Waals surface area contributed by atoms with Crippen LogP contribution in [0.15, 0.2) is 30.7 Å². The Morgan fingerprint density at radius 3 is 3.09 bits per heavy atom. The van der Waals surface area contributed by atoms with Gasteiger partial charge in [-0.3, -0.25) is 14.5 Å².